The third-order valence-electron chi connectivity index (χ3n) is 5.26. The molecule has 1 fully saturated rings. The fourth-order valence-electron chi connectivity index (χ4n) is 3.37. The average molecular weight is 381 g/mol. The van der Waals surface area contributed by atoms with E-state index in [-0.39, 0.29) is 0 Å². The average Bonchev–Trinajstić information content (AvgIpc) is 2.70. The van der Waals surface area contributed by atoms with Crippen molar-refractivity contribution in [1.82, 2.24) is 20.5 Å². The van der Waals surface area contributed by atoms with Crippen molar-refractivity contribution in [1.29, 1.82) is 0 Å². The number of likely N-dealkylation sites (N-methyl/N-ethyl adjacent to an activating group) is 1. The number of nitrogens with zero attached hydrogens (tertiary/aromatic N) is 4. The SMILES string of the molecule is CN=C(NCc1ccc(N2CCN(C)CC2)nc1)NCc1ccc(C)cc1C. The minimum atomic E-state index is 0.697. The third-order valence-corrected chi connectivity index (χ3v) is 5.26. The van der Waals surface area contributed by atoms with Crippen LogP contribution in [0.5, 0.6) is 0 Å². The van der Waals surface area contributed by atoms with Gasteiger partial charge in [-0.1, -0.05) is 29.8 Å². The molecule has 1 aromatic carbocycles. The van der Waals surface area contributed by atoms with Crippen molar-refractivity contribution in [3.63, 3.8) is 0 Å². The number of aryl methyl sites for hydroxylation is 2. The monoisotopic (exact) mass is 380 g/mol. The molecule has 6 nitrogen and oxygen atoms in total. The van der Waals surface area contributed by atoms with Crippen LogP contribution in [0.25, 0.3) is 0 Å². The smallest absolute Gasteiger partial charge is 0.191 e. The number of nitrogens with one attached hydrogen (secondary N) is 2. The molecular formula is C22H32N6. The van der Waals surface area contributed by atoms with Gasteiger partial charge in [0, 0.05) is 52.5 Å². The molecule has 2 heterocycles. The number of rotatable bonds is 5. The maximum atomic E-state index is 4.65. The van der Waals surface area contributed by atoms with E-state index < -0.39 is 0 Å². The molecule has 3 rings (SSSR count). The number of anilines is 1. The molecule has 0 unspecified atom stereocenters. The topological polar surface area (TPSA) is 55.8 Å². The Balaban J connectivity index is 1.49. The van der Waals surface area contributed by atoms with E-state index in [1.54, 1.807) is 7.05 Å². The van der Waals surface area contributed by atoms with E-state index >= 15 is 0 Å². The molecule has 28 heavy (non-hydrogen) atoms. The van der Waals surface area contributed by atoms with Crippen LogP contribution in [0.15, 0.2) is 41.5 Å². The maximum Gasteiger partial charge on any atom is 0.191 e. The van der Waals surface area contributed by atoms with Gasteiger partial charge in [-0.2, -0.15) is 0 Å². The molecule has 150 valence electrons. The Bertz CT molecular complexity index is 791. The summed E-state index contributed by atoms with van der Waals surface area (Å²) in [5, 5.41) is 6.76. The van der Waals surface area contributed by atoms with Crippen molar-refractivity contribution in [3.05, 3.63) is 58.8 Å². The minimum Gasteiger partial charge on any atom is -0.354 e. The third kappa shape index (κ3) is 5.45. The molecule has 1 saturated heterocycles. The van der Waals surface area contributed by atoms with Gasteiger partial charge < -0.3 is 20.4 Å². The first-order valence-corrected chi connectivity index (χ1v) is 9.94. The second kappa shape index (κ2) is 9.55. The summed E-state index contributed by atoms with van der Waals surface area (Å²) in [6.45, 7) is 9.98. The Labute approximate surface area is 168 Å². The van der Waals surface area contributed by atoms with E-state index in [1.165, 1.54) is 16.7 Å². The summed E-state index contributed by atoms with van der Waals surface area (Å²) in [6, 6.07) is 10.8. The van der Waals surface area contributed by atoms with E-state index in [9.17, 15) is 0 Å². The molecule has 6 heteroatoms. The molecule has 1 aromatic heterocycles. The van der Waals surface area contributed by atoms with Crippen LogP contribution in [0.1, 0.15) is 22.3 Å². The summed E-state index contributed by atoms with van der Waals surface area (Å²) in [5.41, 5.74) is 5.02. The summed E-state index contributed by atoms with van der Waals surface area (Å²) >= 11 is 0. The summed E-state index contributed by atoms with van der Waals surface area (Å²) in [5.74, 6) is 1.86. The quantitative estimate of drug-likeness (QED) is 0.616. The molecular weight excluding hydrogens is 348 g/mol. The lowest BCUT2D eigenvalue weighted by Crippen LogP contribution is -2.44. The van der Waals surface area contributed by atoms with Crippen LogP contribution >= 0.6 is 0 Å². The second-order valence-electron chi connectivity index (χ2n) is 7.52. The highest BCUT2D eigenvalue weighted by atomic mass is 15.3. The highest BCUT2D eigenvalue weighted by Gasteiger charge is 2.14. The van der Waals surface area contributed by atoms with E-state index in [1.807, 2.05) is 6.20 Å². The number of hydrogen-bond acceptors (Lipinski definition) is 4. The zero-order valence-electron chi connectivity index (χ0n) is 17.5. The normalized spacial score (nSPS) is 15.6. The number of hydrogen-bond donors (Lipinski definition) is 2. The van der Waals surface area contributed by atoms with Crippen LogP contribution in [0.4, 0.5) is 5.82 Å². The first-order valence-electron chi connectivity index (χ1n) is 9.94. The highest BCUT2D eigenvalue weighted by molar-refractivity contribution is 5.79. The van der Waals surface area contributed by atoms with Gasteiger partial charge in [-0.15, -0.1) is 0 Å². The van der Waals surface area contributed by atoms with Gasteiger partial charge in [0.15, 0.2) is 5.96 Å². The van der Waals surface area contributed by atoms with Crippen LogP contribution in [-0.4, -0.2) is 56.1 Å². The van der Waals surface area contributed by atoms with Gasteiger partial charge in [0.2, 0.25) is 0 Å². The standard InChI is InChI=1S/C22H32N6/c1-17-5-7-20(18(2)13-17)16-26-22(23-3)25-15-19-6-8-21(24-14-19)28-11-9-27(4)10-12-28/h5-8,13-14H,9-12,15-16H2,1-4H3,(H2,23,25,26). The molecule has 1 aliphatic rings. The number of aliphatic imine (C=N–C) groups is 1. The molecule has 2 aromatic rings. The van der Waals surface area contributed by atoms with Gasteiger partial charge in [-0.25, -0.2) is 4.98 Å². The van der Waals surface area contributed by atoms with Crippen molar-refractivity contribution in [2.24, 2.45) is 4.99 Å². The van der Waals surface area contributed by atoms with Crippen molar-refractivity contribution >= 4 is 11.8 Å². The lowest BCUT2D eigenvalue weighted by Gasteiger charge is -2.33. The van der Waals surface area contributed by atoms with Crippen LogP contribution in [0.2, 0.25) is 0 Å². The van der Waals surface area contributed by atoms with E-state index in [0.717, 1.165) is 50.1 Å². The van der Waals surface area contributed by atoms with Crippen LogP contribution in [0.3, 0.4) is 0 Å². The minimum absolute atomic E-state index is 0.697. The number of benzene rings is 1. The molecule has 0 spiro atoms. The molecule has 0 saturated carbocycles. The second-order valence-corrected chi connectivity index (χ2v) is 7.52. The number of pyridine rings is 1. The Morgan fingerprint density at radius 3 is 2.43 bits per heavy atom. The maximum absolute atomic E-state index is 4.65. The van der Waals surface area contributed by atoms with Crippen LogP contribution < -0.4 is 15.5 Å². The molecule has 1 aliphatic heterocycles. The molecule has 2 N–H and O–H groups in total. The van der Waals surface area contributed by atoms with Gasteiger partial charge >= 0.3 is 0 Å². The van der Waals surface area contributed by atoms with E-state index in [0.29, 0.717) is 6.54 Å². The van der Waals surface area contributed by atoms with Crippen LogP contribution in [-0.2, 0) is 13.1 Å². The largest absolute Gasteiger partial charge is 0.354 e. The summed E-state index contributed by atoms with van der Waals surface area (Å²) in [4.78, 5) is 13.7. The van der Waals surface area contributed by atoms with Gasteiger partial charge in [0.05, 0.1) is 0 Å². The van der Waals surface area contributed by atoms with Crippen LogP contribution in [0, 0.1) is 13.8 Å². The number of piperazine rings is 1. The Hall–Kier alpha value is -2.60. The molecule has 0 atom stereocenters. The first kappa shape index (κ1) is 20.1. The molecule has 0 amide bonds. The summed E-state index contributed by atoms with van der Waals surface area (Å²) in [6.07, 6.45) is 1.96. The van der Waals surface area contributed by atoms with Gasteiger partial charge in [0.25, 0.3) is 0 Å². The van der Waals surface area contributed by atoms with Gasteiger partial charge in [-0.3, -0.25) is 4.99 Å². The first-order chi connectivity index (χ1) is 13.5. The predicted molar refractivity (Wildman–Crippen MR) is 117 cm³/mol. The van der Waals surface area contributed by atoms with E-state index in [2.05, 4.69) is 81.6 Å². The lowest BCUT2D eigenvalue weighted by molar-refractivity contribution is 0.312. The van der Waals surface area contributed by atoms with Gasteiger partial charge in [0.1, 0.15) is 5.82 Å². The van der Waals surface area contributed by atoms with E-state index in [4.69, 9.17) is 0 Å². The Morgan fingerprint density at radius 2 is 1.79 bits per heavy atom. The fraction of sp³-hybridized carbons (Fsp3) is 0.455. The predicted octanol–water partition coefficient (Wildman–Crippen LogP) is 2.32. The highest BCUT2D eigenvalue weighted by Crippen LogP contribution is 2.13. The summed E-state index contributed by atoms with van der Waals surface area (Å²) < 4.78 is 0. The van der Waals surface area contributed by atoms with Gasteiger partial charge in [-0.05, 0) is 43.7 Å². The summed E-state index contributed by atoms with van der Waals surface area (Å²) in [7, 11) is 3.96. The molecule has 0 aliphatic carbocycles. The molecule has 0 radical (unpaired) electrons. The zero-order valence-corrected chi connectivity index (χ0v) is 17.5. The molecule has 0 bridgehead atoms. The van der Waals surface area contributed by atoms with Crippen molar-refractivity contribution < 1.29 is 0 Å². The zero-order chi connectivity index (χ0) is 19.9. The Kier molecular flexibility index (Phi) is 6.87. The number of guanidine groups is 1. The number of aromatic nitrogens is 1. The Morgan fingerprint density at radius 1 is 1.04 bits per heavy atom. The van der Waals surface area contributed by atoms with Crippen molar-refractivity contribution in [3.8, 4) is 0 Å². The van der Waals surface area contributed by atoms with Crippen molar-refractivity contribution in [2.45, 2.75) is 26.9 Å². The lowest BCUT2D eigenvalue weighted by atomic mass is 10.1. The fourth-order valence-corrected chi connectivity index (χ4v) is 3.37. The van der Waals surface area contributed by atoms with Crippen molar-refractivity contribution in [2.75, 3.05) is 45.2 Å².